The molecule has 1 aromatic heterocycles. The molecule has 0 bridgehead atoms. The fourth-order valence-corrected chi connectivity index (χ4v) is 2.81. The van der Waals surface area contributed by atoms with E-state index in [1.165, 1.54) is 6.20 Å². The van der Waals surface area contributed by atoms with E-state index in [2.05, 4.69) is 4.98 Å². The van der Waals surface area contributed by atoms with Crippen molar-refractivity contribution in [3.05, 3.63) is 40.6 Å². The molecule has 108 valence electrons. The Morgan fingerprint density at radius 2 is 2.10 bits per heavy atom. The Morgan fingerprint density at radius 3 is 2.76 bits per heavy atom. The van der Waals surface area contributed by atoms with Crippen LogP contribution in [0.1, 0.15) is 12.8 Å². The molecule has 1 N–H and O–H groups in total. The van der Waals surface area contributed by atoms with Crippen molar-refractivity contribution in [2.45, 2.75) is 18.9 Å². The van der Waals surface area contributed by atoms with Gasteiger partial charge in [-0.3, -0.25) is 10.1 Å². The van der Waals surface area contributed by atoms with Gasteiger partial charge in [-0.05, 0) is 18.9 Å². The second kappa shape index (κ2) is 5.01. The largest absolute Gasteiger partial charge is 0.480 e. The second-order valence-corrected chi connectivity index (χ2v) is 4.96. The van der Waals surface area contributed by atoms with Crippen molar-refractivity contribution < 1.29 is 14.8 Å². The van der Waals surface area contributed by atoms with Gasteiger partial charge in [0.1, 0.15) is 18.1 Å². The van der Waals surface area contributed by atoms with Gasteiger partial charge in [-0.25, -0.2) is 9.78 Å². The van der Waals surface area contributed by atoms with Crippen LogP contribution in [0.2, 0.25) is 0 Å². The highest BCUT2D eigenvalue weighted by molar-refractivity contribution is 5.99. The molecular formula is C14H13N3O4. The van der Waals surface area contributed by atoms with E-state index in [0.29, 0.717) is 29.6 Å². The summed E-state index contributed by atoms with van der Waals surface area (Å²) in [5.41, 5.74) is -0.0691. The molecule has 1 fully saturated rings. The lowest BCUT2D eigenvalue weighted by Crippen LogP contribution is -2.36. The van der Waals surface area contributed by atoms with Crippen molar-refractivity contribution in [1.29, 1.82) is 0 Å². The van der Waals surface area contributed by atoms with Crippen LogP contribution in [0.5, 0.6) is 0 Å². The monoisotopic (exact) mass is 287 g/mol. The summed E-state index contributed by atoms with van der Waals surface area (Å²) in [5.74, 6) is -0.391. The van der Waals surface area contributed by atoms with Crippen LogP contribution in [0.4, 0.5) is 11.5 Å². The predicted octanol–water partition coefficient (Wildman–Crippen LogP) is 2.20. The molecule has 0 amide bonds. The molecule has 1 aromatic carbocycles. The van der Waals surface area contributed by atoms with Crippen molar-refractivity contribution in [2.24, 2.45) is 0 Å². The van der Waals surface area contributed by atoms with Gasteiger partial charge in [0.15, 0.2) is 0 Å². The lowest BCUT2D eigenvalue weighted by Gasteiger charge is -2.23. The molecule has 1 aliphatic heterocycles. The Balaban J connectivity index is 2.18. The van der Waals surface area contributed by atoms with Gasteiger partial charge < -0.3 is 10.0 Å². The maximum atomic E-state index is 11.3. The van der Waals surface area contributed by atoms with Crippen molar-refractivity contribution in [1.82, 2.24) is 4.98 Å². The van der Waals surface area contributed by atoms with Gasteiger partial charge in [0.2, 0.25) is 0 Å². The Bertz CT molecular complexity index is 731. The van der Waals surface area contributed by atoms with Crippen LogP contribution in [0.25, 0.3) is 10.8 Å². The predicted molar refractivity (Wildman–Crippen MR) is 76.4 cm³/mol. The van der Waals surface area contributed by atoms with Crippen molar-refractivity contribution >= 4 is 28.2 Å². The third kappa shape index (κ3) is 2.16. The molecule has 7 nitrogen and oxygen atoms in total. The molecule has 2 heterocycles. The first-order valence-electron chi connectivity index (χ1n) is 6.61. The zero-order valence-corrected chi connectivity index (χ0v) is 11.1. The molecule has 2 aromatic rings. The van der Waals surface area contributed by atoms with Crippen LogP contribution in [0.15, 0.2) is 30.5 Å². The van der Waals surface area contributed by atoms with Crippen molar-refractivity contribution in [3.63, 3.8) is 0 Å². The van der Waals surface area contributed by atoms with E-state index < -0.39 is 16.9 Å². The fraction of sp³-hybridized carbons (Fsp3) is 0.286. The number of anilines is 1. The number of carboxylic acids is 1. The second-order valence-electron chi connectivity index (χ2n) is 4.96. The number of aliphatic carboxylic acids is 1. The summed E-state index contributed by atoms with van der Waals surface area (Å²) < 4.78 is 0. The molecule has 0 spiro atoms. The normalized spacial score (nSPS) is 18.1. The molecule has 0 saturated carbocycles. The maximum absolute atomic E-state index is 11.3. The van der Waals surface area contributed by atoms with Gasteiger partial charge >= 0.3 is 5.97 Å². The number of fused-ring (bicyclic) bond motifs is 1. The number of carbonyl (C=O) groups is 1. The lowest BCUT2D eigenvalue weighted by molar-refractivity contribution is -0.383. The van der Waals surface area contributed by atoms with Gasteiger partial charge in [0, 0.05) is 11.9 Å². The first kappa shape index (κ1) is 13.3. The number of hydrogen-bond acceptors (Lipinski definition) is 5. The van der Waals surface area contributed by atoms with E-state index in [9.17, 15) is 20.0 Å². The Kier molecular flexibility index (Phi) is 3.17. The molecule has 0 unspecified atom stereocenters. The molecule has 3 rings (SSSR count). The Labute approximate surface area is 120 Å². The van der Waals surface area contributed by atoms with E-state index >= 15 is 0 Å². The molecule has 1 atom stereocenters. The summed E-state index contributed by atoms with van der Waals surface area (Å²) in [6.45, 7) is 0.589. The summed E-state index contributed by atoms with van der Waals surface area (Å²) in [6.07, 6.45) is 2.53. The van der Waals surface area contributed by atoms with E-state index in [1.54, 1.807) is 29.2 Å². The maximum Gasteiger partial charge on any atom is 0.326 e. The number of carboxylic acid groups (broad SMARTS) is 1. The highest BCUT2D eigenvalue weighted by Crippen LogP contribution is 2.34. The minimum atomic E-state index is -0.892. The van der Waals surface area contributed by atoms with Gasteiger partial charge in [0.05, 0.1) is 10.3 Å². The minimum Gasteiger partial charge on any atom is -0.480 e. The third-order valence-electron chi connectivity index (χ3n) is 3.76. The highest BCUT2D eigenvalue weighted by Gasteiger charge is 2.33. The van der Waals surface area contributed by atoms with Gasteiger partial charge in [-0.15, -0.1) is 0 Å². The average molecular weight is 287 g/mol. The fourth-order valence-electron chi connectivity index (χ4n) is 2.81. The highest BCUT2D eigenvalue weighted by atomic mass is 16.6. The summed E-state index contributed by atoms with van der Waals surface area (Å²) in [5, 5.41) is 21.4. The Hall–Kier alpha value is -2.70. The molecule has 0 aliphatic carbocycles. The van der Waals surface area contributed by atoms with Gasteiger partial charge in [-0.1, -0.05) is 18.2 Å². The summed E-state index contributed by atoms with van der Waals surface area (Å²) in [7, 11) is 0. The SMILES string of the molecule is O=C(O)[C@@H]1CCCN1c1ncc([N+](=O)[O-])c2ccccc12. The van der Waals surface area contributed by atoms with Crippen LogP contribution in [-0.2, 0) is 4.79 Å². The van der Waals surface area contributed by atoms with Crippen LogP contribution in [-0.4, -0.2) is 33.6 Å². The average Bonchev–Trinajstić information content (AvgIpc) is 2.95. The molecule has 1 aliphatic rings. The number of nitrogens with zero attached hydrogens (tertiary/aromatic N) is 3. The van der Waals surface area contributed by atoms with Gasteiger partial charge in [-0.2, -0.15) is 0 Å². The molecule has 1 saturated heterocycles. The van der Waals surface area contributed by atoms with Crippen LogP contribution in [0.3, 0.4) is 0 Å². The minimum absolute atomic E-state index is 0.0691. The number of nitro groups is 1. The molecule has 7 heteroatoms. The summed E-state index contributed by atoms with van der Waals surface area (Å²) in [4.78, 5) is 27.8. The Morgan fingerprint density at radius 1 is 1.38 bits per heavy atom. The number of rotatable bonds is 3. The number of benzene rings is 1. The van der Waals surface area contributed by atoms with Crippen molar-refractivity contribution in [3.8, 4) is 0 Å². The quantitative estimate of drug-likeness (QED) is 0.686. The van der Waals surface area contributed by atoms with Gasteiger partial charge in [0.25, 0.3) is 5.69 Å². The third-order valence-corrected chi connectivity index (χ3v) is 3.76. The zero-order chi connectivity index (χ0) is 15.0. The van der Waals surface area contributed by atoms with E-state index in [0.717, 1.165) is 6.42 Å². The first-order chi connectivity index (χ1) is 10.1. The number of pyridine rings is 1. The molecule has 21 heavy (non-hydrogen) atoms. The van der Waals surface area contributed by atoms with E-state index in [1.807, 2.05) is 0 Å². The van der Waals surface area contributed by atoms with Crippen LogP contribution in [0, 0.1) is 10.1 Å². The lowest BCUT2D eigenvalue weighted by atomic mass is 10.1. The smallest absolute Gasteiger partial charge is 0.326 e. The zero-order valence-electron chi connectivity index (χ0n) is 11.1. The van der Waals surface area contributed by atoms with E-state index in [4.69, 9.17) is 0 Å². The molecular weight excluding hydrogens is 274 g/mol. The molecule has 0 radical (unpaired) electrons. The van der Waals surface area contributed by atoms with E-state index in [-0.39, 0.29) is 5.69 Å². The standard InChI is InChI=1S/C14H13N3O4/c18-14(19)11-6-3-7-16(11)13-10-5-2-1-4-9(10)12(8-15-13)17(20)21/h1-2,4-5,8,11H,3,6-7H2,(H,18,19)/t11-/m0/s1. The topological polar surface area (TPSA) is 96.6 Å². The summed E-state index contributed by atoms with van der Waals surface area (Å²) >= 11 is 0. The number of hydrogen-bond donors (Lipinski definition) is 1. The van der Waals surface area contributed by atoms with Crippen LogP contribution >= 0.6 is 0 Å². The van der Waals surface area contributed by atoms with Crippen molar-refractivity contribution in [2.75, 3.05) is 11.4 Å². The van der Waals surface area contributed by atoms with Crippen LogP contribution < -0.4 is 4.90 Å². The summed E-state index contributed by atoms with van der Waals surface area (Å²) in [6, 6.07) is 6.26. The number of aromatic nitrogens is 1. The first-order valence-corrected chi connectivity index (χ1v) is 6.61.